The zero-order valence-electron chi connectivity index (χ0n) is 15.5. The van der Waals surface area contributed by atoms with Crippen LogP contribution < -0.4 is 4.90 Å². The van der Waals surface area contributed by atoms with Gasteiger partial charge in [0.15, 0.2) is 0 Å². The Bertz CT molecular complexity index is 1200. The molecule has 1 atom stereocenters. The van der Waals surface area contributed by atoms with Crippen LogP contribution in [0.25, 0.3) is 21.0 Å². The molecule has 0 spiro atoms. The Morgan fingerprint density at radius 1 is 1.14 bits per heavy atom. The number of aliphatic carboxylic acids is 1. The molecule has 0 radical (unpaired) electrons. The second-order valence-electron chi connectivity index (χ2n) is 7.20. The van der Waals surface area contributed by atoms with E-state index in [-0.39, 0.29) is 0 Å². The maximum atomic E-state index is 12.2. The van der Waals surface area contributed by atoms with Gasteiger partial charge in [0.1, 0.15) is 11.9 Å². The Balaban J connectivity index is 1.39. The van der Waals surface area contributed by atoms with E-state index in [1.165, 1.54) is 21.6 Å². The van der Waals surface area contributed by atoms with Crippen LogP contribution in [-0.2, 0) is 4.79 Å². The number of carboxylic acid groups (broad SMARTS) is 1. The van der Waals surface area contributed by atoms with Gasteiger partial charge in [0.2, 0.25) is 0 Å². The number of nitrogens with one attached hydrogen (secondary N) is 1. The number of carbonyl (C=O) groups is 1. The monoisotopic (exact) mass is 470 g/mol. The molecule has 148 valence electrons. The normalized spacial score (nSPS) is 16.5. The maximum Gasteiger partial charge on any atom is 0.325 e. The first-order valence-corrected chi connectivity index (χ1v) is 11.0. The number of H-pyrrole nitrogens is 1. The summed E-state index contributed by atoms with van der Waals surface area (Å²) < 4.78 is 6.79. The second kappa shape index (κ2) is 7.44. The van der Waals surface area contributed by atoms with Crippen molar-refractivity contribution in [2.45, 2.75) is 6.04 Å². The largest absolute Gasteiger partial charge is 0.480 e. The van der Waals surface area contributed by atoms with Crippen molar-refractivity contribution in [1.29, 1.82) is 0 Å². The molecule has 2 aromatic carbocycles. The van der Waals surface area contributed by atoms with Crippen LogP contribution in [0, 0.1) is 0 Å². The number of anilines is 1. The molecular formula is C21H19BrN4O2S. The van der Waals surface area contributed by atoms with E-state index in [9.17, 15) is 9.90 Å². The highest BCUT2D eigenvalue weighted by Gasteiger charge is 2.32. The van der Waals surface area contributed by atoms with Crippen molar-refractivity contribution in [2.24, 2.45) is 0 Å². The first kappa shape index (κ1) is 18.6. The molecule has 4 aromatic rings. The number of hydrogen-bond donors (Lipinski definition) is 2. The molecule has 6 nitrogen and oxygen atoms in total. The number of rotatable bonds is 4. The molecule has 2 aromatic heterocycles. The summed E-state index contributed by atoms with van der Waals surface area (Å²) in [6, 6.07) is 13.5. The van der Waals surface area contributed by atoms with Crippen molar-refractivity contribution in [3.05, 3.63) is 58.7 Å². The number of piperazine rings is 1. The summed E-state index contributed by atoms with van der Waals surface area (Å²) in [6.45, 7) is 2.86. The lowest BCUT2D eigenvalue weighted by atomic mass is 10.0. The third-order valence-electron chi connectivity index (χ3n) is 5.54. The Kier molecular flexibility index (Phi) is 4.77. The average molecular weight is 471 g/mol. The summed E-state index contributed by atoms with van der Waals surface area (Å²) in [4.78, 5) is 19.7. The Morgan fingerprint density at radius 3 is 2.72 bits per heavy atom. The zero-order chi connectivity index (χ0) is 20.0. The second-order valence-corrected chi connectivity index (χ2v) is 8.92. The van der Waals surface area contributed by atoms with Crippen LogP contribution in [0.5, 0.6) is 0 Å². The molecule has 0 amide bonds. The first-order valence-electron chi connectivity index (χ1n) is 9.44. The smallest absolute Gasteiger partial charge is 0.325 e. The van der Waals surface area contributed by atoms with Gasteiger partial charge < -0.3 is 15.0 Å². The lowest BCUT2D eigenvalue weighted by Gasteiger charge is -2.38. The van der Waals surface area contributed by atoms with E-state index in [0.29, 0.717) is 13.1 Å². The molecule has 3 heterocycles. The van der Waals surface area contributed by atoms with Crippen LogP contribution in [-0.4, -0.2) is 51.5 Å². The fourth-order valence-corrected chi connectivity index (χ4v) is 5.28. The minimum atomic E-state index is -0.818. The fraction of sp³-hybridized carbons (Fsp3) is 0.238. The van der Waals surface area contributed by atoms with E-state index in [4.69, 9.17) is 0 Å². The van der Waals surface area contributed by atoms with Crippen molar-refractivity contribution in [2.75, 3.05) is 31.1 Å². The average Bonchev–Trinajstić information content (AvgIpc) is 3.33. The quantitative estimate of drug-likeness (QED) is 0.459. The van der Waals surface area contributed by atoms with Crippen LogP contribution in [0.3, 0.4) is 0 Å². The lowest BCUT2D eigenvalue weighted by molar-refractivity contribution is -0.143. The van der Waals surface area contributed by atoms with Crippen LogP contribution in [0.2, 0.25) is 0 Å². The summed E-state index contributed by atoms with van der Waals surface area (Å²) in [6.07, 6.45) is 1.83. The van der Waals surface area contributed by atoms with E-state index in [1.54, 1.807) is 0 Å². The Hall–Kier alpha value is -2.42. The van der Waals surface area contributed by atoms with Crippen LogP contribution in [0.1, 0.15) is 11.6 Å². The lowest BCUT2D eigenvalue weighted by Crippen LogP contribution is -2.49. The van der Waals surface area contributed by atoms with Gasteiger partial charge in [-0.25, -0.2) is 0 Å². The van der Waals surface area contributed by atoms with Gasteiger partial charge in [0.25, 0.3) is 0 Å². The molecule has 8 heteroatoms. The van der Waals surface area contributed by atoms with Gasteiger partial charge >= 0.3 is 5.97 Å². The molecule has 2 N–H and O–H groups in total. The molecule has 1 fully saturated rings. The van der Waals surface area contributed by atoms with Gasteiger partial charge in [-0.2, -0.15) is 4.37 Å². The van der Waals surface area contributed by atoms with E-state index in [1.807, 2.05) is 36.5 Å². The number of fused-ring (bicyclic) bond motifs is 2. The van der Waals surface area contributed by atoms with Crippen molar-refractivity contribution < 1.29 is 9.90 Å². The summed E-state index contributed by atoms with van der Waals surface area (Å²) in [5.41, 5.74) is 1.75. The highest BCUT2D eigenvalue weighted by atomic mass is 79.9. The highest BCUT2D eigenvalue weighted by Crippen LogP contribution is 2.33. The van der Waals surface area contributed by atoms with Gasteiger partial charge in [-0.15, -0.1) is 0 Å². The molecule has 0 aliphatic carbocycles. The molecule has 0 unspecified atom stereocenters. The predicted molar refractivity (Wildman–Crippen MR) is 120 cm³/mol. The number of benzene rings is 2. The topological polar surface area (TPSA) is 72.5 Å². The number of nitrogens with zero attached hydrogens (tertiary/aromatic N) is 3. The van der Waals surface area contributed by atoms with Crippen molar-refractivity contribution in [3.8, 4) is 0 Å². The van der Waals surface area contributed by atoms with Crippen LogP contribution in [0.15, 0.2) is 53.1 Å². The van der Waals surface area contributed by atoms with Gasteiger partial charge in [0.05, 0.1) is 4.70 Å². The predicted octanol–water partition coefficient (Wildman–Crippen LogP) is 4.49. The summed E-state index contributed by atoms with van der Waals surface area (Å²) in [7, 11) is 0. The summed E-state index contributed by atoms with van der Waals surface area (Å²) >= 11 is 4.98. The van der Waals surface area contributed by atoms with E-state index < -0.39 is 12.0 Å². The molecule has 0 saturated carbocycles. The van der Waals surface area contributed by atoms with E-state index in [0.717, 1.165) is 39.8 Å². The van der Waals surface area contributed by atoms with Gasteiger partial charge in [-0.3, -0.25) is 9.69 Å². The minimum Gasteiger partial charge on any atom is -0.480 e. The fourth-order valence-electron chi connectivity index (χ4n) is 4.13. The summed E-state index contributed by atoms with van der Waals surface area (Å²) in [5.74, 6) is 0.190. The Labute approximate surface area is 180 Å². The van der Waals surface area contributed by atoms with Gasteiger partial charge in [-0.05, 0) is 35.8 Å². The summed E-state index contributed by atoms with van der Waals surface area (Å²) in [5, 5.41) is 12.1. The van der Waals surface area contributed by atoms with Crippen molar-refractivity contribution >= 4 is 60.2 Å². The Morgan fingerprint density at radius 2 is 1.93 bits per heavy atom. The minimum absolute atomic E-state index is 0.667. The molecule has 1 saturated heterocycles. The molecule has 29 heavy (non-hydrogen) atoms. The molecule has 5 rings (SSSR count). The number of halogens is 1. The highest BCUT2D eigenvalue weighted by molar-refractivity contribution is 9.10. The van der Waals surface area contributed by atoms with E-state index >= 15 is 0 Å². The van der Waals surface area contributed by atoms with Gasteiger partial charge in [-0.1, -0.05) is 34.1 Å². The van der Waals surface area contributed by atoms with Crippen molar-refractivity contribution in [3.63, 3.8) is 0 Å². The van der Waals surface area contributed by atoms with E-state index in [2.05, 4.69) is 47.2 Å². The third-order valence-corrected chi connectivity index (χ3v) is 6.85. The molecule has 1 aliphatic heterocycles. The first-order chi connectivity index (χ1) is 14.1. The molecule has 1 aliphatic rings. The molecular weight excluding hydrogens is 452 g/mol. The van der Waals surface area contributed by atoms with Crippen LogP contribution >= 0.6 is 27.5 Å². The number of hydrogen-bond acceptors (Lipinski definition) is 5. The maximum absolute atomic E-state index is 12.2. The van der Waals surface area contributed by atoms with Crippen molar-refractivity contribution in [1.82, 2.24) is 14.3 Å². The number of aromatic nitrogens is 2. The van der Waals surface area contributed by atoms with Crippen LogP contribution in [0.4, 0.5) is 5.82 Å². The standard InChI is InChI=1S/C21H19BrN4O2S/c22-13-5-6-14-16(12-23-17(14)11-13)19(21(27)28)25-7-9-26(10-8-25)20-15-3-1-2-4-18(15)29-24-20/h1-6,11-12,19,23H,7-10H2,(H,27,28)/t19-/m0/s1. The number of aromatic amines is 1. The molecule has 0 bridgehead atoms. The number of carboxylic acids is 1. The zero-order valence-corrected chi connectivity index (χ0v) is 17.9. The SMILES string of the molecule is O=C(O)[C@H](c1c[nH]c2cc(Br)ccc12)N1CCN(c2nsc3ccccc23)CC1. The van der Waals surface area contributed by atoms with Gasteiger partial charge in [0, 0.05) is 58.7 Å². The third kappa shape index (κ3) is 3.31.